The van der Waals surface area contributed by atoms with Crippen molar-refractivity contribution in [3.05, 3.63) is 35.4 Å². The quantitative estimate of drug-likeness (QED) is 0.745. The summed E-state index contributed by atoms with van der Waals surface area (Å²) in [6.07, 6.45) is 1.34. The molecule has 0 fully saturated rings. The number of allylic oxidation sites excluding steroid dienone is 1. The lowest BCUT2D eigenvalue weighted by Crippen LogP contribution is -2.25. The minimum Gasteiger partial charge on any atom is -0.497 e. The summed E-state index contributed by atoms with van der Waals surface area (Å²) < 4.78 is 31.9. The van der Waals surface area contributed by atoms with Crippen molar-refractivity contribution in [1.29, 1.82) is 0 Å². The highest BCUT2D eigenvalue weighted by atomic mass is 32.2. The summed E-state index contributed by atoms with van der Waals surface area (Å²) in [7, 11) is -2.34. The lowest BCUT2D eigenvalue weighted by atomic mass is 10.1. The van der Waals surface area contributed by atoms with E-state index in [1.54, 1.807) is 6.08 Å². The van der Waals surface area contributed by atoms with Gasteiger partial charge in [-0.25, -0.2) is 13.1 Å². The predicted octanol–water partition coefficient (Wildman–Crippen LogP) is 1.57. The third kappa shape index (κ3) is 5.20. The van der Waals surface area contributed by atoms with E-state index in [1.807, 2.05) is 13.8 Å². The van der Waals surface area contributed by atoms with Gasteiger partial charge in [-0.2, -0.15) is 0 Å². The Balaban J connectivity index is 3.14. The van der Waals surface area contributed by atoms with E-state index in [9.17, 15) is 13.2 Å². The van der Waals surface area contributed by atoms with Gasteiger partial charge in [0.05, 0.1) is 18.4 Å². The molecule has 0 aliphatic heterocycles. The summed E-state index contributed by atoms with van der Waals surface area (Å²) in [6, 6.07) is 4.26. The lowest BCUT2D eigenvalue weighted by Gasteiger charge is -2.11. The Morgan fingerprint density at radius 3 is 2.57 bits per heavy atom. The van der Waals surface area contributed by atoms with Crippen molar-refractivity contribution in [2.75, 3.05) is 13.7 Å². The van der Waals surface area contributed by atoms with E-state index in [-0.39, 0.29) is 17.0 Å². The van der Waals surface area contributed by atoms with Crippen LogP contribution in [0.5, 0.6) is 5.75 Å². The van der Waals surface area contributed by atoms with Gasteiger partial charge in [0.15, 0.2) is 0 Å². The monoisotopic (exact) mass is 313 g/mol. The van der Waals surface area contributed by atoms with Gasteiger partial charge < -0.3 is 9.84 Å². The van der Waals surface area contributed by atoms with Crippen LogP contribution in [0, 0.1) is 0 Å². The molecule has 2 N–H and O–H groups in total. The topological polar surface area (TPSA) is 92.7 Å². The van der Waals surface area contributed by atoms with E-state index >= 15 is 0 Å². The number of aliphatic carboxylic acids is 1. The second-order valence-corrected chi connectivity index (χ2v) is 6.41. The number of sulfonamides is 1. The van der Waals surface area contributed by atoms with Crippen molar-refractivity contribution in [1.82, 2.24) is 4.72 Å². The molecule has 1 rings (SSSR count). The maximum Gasteiger partial charge on any atom is 0.307 e. The Labute approximate surface area is 124 Å². The zero-order chi connectivity index (χ0) is 16.0. The normalized spacial score (nSPS) is 11.0. The standard InChI is InChI=1S/C14H19NO5S/c1-10(2)6-7-15-21(18,19)13-5-4-12(20-3)8-11(13)9-14(16)17/h4-6,8,15H,7,9H2,1-3H3,(H,16,17). The minimum atomic E-state index is -3.77. The van der Waals surface area contributed by atoms with Gasteiger partial charge in [0.2, 0.25) is 10.0 Å². The molecule has 1 aromatic carbocycles. The highest BCUT2D eigenvalue weighted by Gasteiger charge is 2.20. The van der Waals surface area contributed by atoms with E-state index < -0.39 is 22.4 Å². The molecular weight excluding hydrogens is 294 g/mol. The summed E-state index contributed by atoms with van der Waals surface area (Å²) in [4.78, 5) is 10.8. The molecule has 6 nitrogen and oxygen atoms in total. The molecule has 0 aliphatic rings. The average Bonchev–Trinajstić information content (AvgIpc) is 2.36. The number of benzene rings is 1. The summed E-state index contributed by atoms with van der Waals surface area (Å²) in [5.41, 5.74) is 1.17. The number of carboxylic acids is 1. The molecule has 0 saturated heterocycles. The van der Waals surface area contributed by atoms with Crippen molar-refractivity contribution >= 4 is 16.0 Å². The first-order valence-electron chi connectivity index (χ1n) is 6.28. The highest BCUT2D eigenvalue weighted by Crippen LogP contribution is 2.22. The second-order valence-electron chi connectivity index (χ2n) is 4.68. The van der Waals surface area contributed by atoms with Crippen LogP contribution in [0.15, 0.2) is 34.7 Å². The third-order valence-corrected chi connectivity index (χ3v) is 4.21. The van der Waals surface area contributed by atoms with Gasteiger partial charge in [-0.15, -0.1) is 0 Å². The van der Waals surface area contributed by atoms with Crippen LogP contribution in [0.25, 0.3) is 0 Å². The molecule has 116 valence electrons. The van der Waals surface area contributed by atoms with Gasteiger partial charge in [-0.05, 0) is 37.6 Å². The van der Waals surface area contributed by atoms with Gasteiger partial charge in [0, 0.05) is 6.54 Å². The Hall–Kier alpha value is -1.86. The Bertz CT molecular complexity index is 645. The average molecular weight is 313 g/mol. The molecule has 0 amide bonds. The lowest BCUT2D eigenvalue weighted by molar-refractivity contribution is -0.136. The molecule has 7 heteroatoms. The molecule has 0 atom stereocenters. The molecule has 0 aliphatic carbocycles. The van der Waals surface area contributed by atoms with Gasteiger partial charge >= 0.3 is 5.97 Å². The van der Waals surface area contributed by atoms with Crippen molar-refractivity contribution in [3.8, 4) is 5.75 Å². The number of hydrogen-bond donors (Lipinski definition) is 2. The van der Waals surface area contributed by atoms with Crippen LogP contribution in [0.3, 0.4) is 0 Å². The number of rotatable bonds is 7. The molecule has 21 heavy (non-hydrogen) atoms. The van der Waals surface area contributed by atoms with Crippen molar-refractivity contribution in [2.24, 2.45) is 0 Å². The number of carbonyl (C=O) groups is 1. The zero-order valence-corrected chi connectivity index (χ0v) is 13.0. The number of ether oxygens (including phenoxy) is 1. The smallest absolute Gasteiger partial charge is 0.307 e. The first-order chi connectivity index (χ1) is 9.76. The van der Waals surface area contributed by atoms with Crippen molar-refractivity contribution < 1.29 is 23.1 Å². The fourth-order valence-corrected chi connectivity index (χ4v) is 2.86. The summed E-state index contributed by atoms with van der Waals surface area (Å²) in [5.74, 6) is -0.696. The van der Waals surface area contributed by atoms with Crippen molar-refractivity contribution in [2.45, 2.75) is 25.2 Å². The fourth-order valence-electron chi connectivity index (χ4n) is 1.68. The number of nitrogens with one attached hydrogen (secondary N) is 1. The number of hydrogen-bond acceptors (Lipinski definition) is 4. The van der Waals surface area contributed by atoms with Gasteiger partial charge in [0.25, 0.3) is 0 Å². The van der Waals surface area contributed by atoms with E-state index in [1.165, 1.54) is 25.3 Å². The van der Waals surface area contributed by atoms with Gasteiger partial charge in [0.1, 0.15) is 5.75 Å². The highest BCUT2D eigenvalue weighted by molar-refractivity contribution is 7.89. The molecule has 0 bridgehead atoms. The molecule has 0 unspecified atom stereocenters. The number of carboxylic acid groups (broad SMARTS) is 1. The molecule has 0 saturated carbocycles. The Morgan fingerprint density at radius 1 is 1.38 bits per heavy atom. The van der Waals surface area contributed by atoms with Crippen LogP contribution in [0.1, 0.15) is 19.4 Å². The molecule has 1 aromatic rings. The Morgan fingerprint density at radius 2 is 2.05 bits per heavy atom. The molecular formula is C14H19NO5S. The first kappa shape index (κ1) is 17.2. The number of methoxy groups -OCH3 is 1. The summed E-state index contributed by atoms with van der Waals surface area (Å²) in [5, 5.41) is 8.90. The largest absolute Gasteiger partial charge is 0.497 e. The predicted molar refractivity (Wildman–Crippen MR) is 79.0 cm³/mol. The van der Waals surface area contributed by atoms with E-state index in [2.05, 4.69) is 4.72 Å². The SMILES string of the molecule is COc1ccc(S(=O)(=O)NCC=C(C)C)c(CC(=O)O)c1. The van der Waals surface area contributed by atoms with Gasteiger partial charge in [-0.3, -0.25) is 4.79 Å². The fraction of sp³-hybridized carbons (Fsp3) is 0.357. The van der Waals surface area contributed by atoms with E-state index in [0.29, 0.717) is 5.75 Å². The van der Waals surface area contributed by atoms with Gasteiger partial charge in [-0.1, -0.05) is 11.6 Å². The summed E-state index contributed by atoms with van der Waals surface area (Å²) >= 11 is 0. The van der Waals surface area contributed by atoms with Crippen LogP contribution in [0.2, 0.25) is 0 Å². The molecule has 0 heterocycles. The van der Waals surface area contributed by atoms with Crippen LogP contribution in [-0.2, 0) is 21.2 Å². The molecule has 0 radical (unpaired) electrons. The van der Waals surface area contributed by atoms with Crippen LogP contribution in [0.4, 0.5) is 0 Å². The maximum atomic E-state index is 12.2. The molecule has 0 aromatic heterocycles. The third-order valence-electron chi connectivity index (χ3n) is 2.68. The maximum absolute atomic E-state index is 12.2. The zero-order valence-electron chi connectivity index (χ0n) is 12.2. The van der Waals surface area contributed by atoms with E-state index in [4.69, 9.17) is 9.84 Å². The minimum absolute atomic E-state index is 0.0483. The summed E-state index contributed by atoms with van der Waals surface area (Å²) in [6.45, 7) is 3.87. The second kappa shape index (κ2) is 7.24. The Kier molecular flexibility index (Phi) is 5.92. The van der Waals surface area contributed by atoms with Crippen molar-refractivity contribution in [3.63, 3.8) is 0 Å². The van der Waals surface area contributed by atoms with Crippen LogP contribution < -0.4 is 9.46 Å². The first-order valence-corrected chi connectivity index (χ1v) is 7.76. The molecule has 0 spiro atoms. The van der Waals surface area contributed by atoms with Crippen LogP contribution >= 0.6 is 0 Å². The van der Waals surface area contributed by atoms with Crippen LogP contribution in [-0.4, -0.2) is 33.1 Å². The van der Waals surface area contributed by atoms with E-state index in [0.717, 1.165) is 5.57 Å².